The van der Waals surface area contributed by atoms with E-state index in [9.17, 15) is 4.39 Å². The van der Waals surface area contributed by atoms with Crippen molar-refractivity contribution in [2.45, 2.75) is 25.8 Å². The number of hydrogen-bond acceptors (Lipinski definition) is 2. The first-order valence-electron chi connectivity index (χ1n) is 4.57. The second-order valence-corrected chi connectivity index (χ2v) is 4.13. The number of hydrazine groups is 1. The number of hydrogen-bond donors (Lipinski definition) is 2. The van der Waals surface area contributed by atoms with Gasteiger partial charge < -0.3 is 0 Å². The first-order chi connectivity index (χ1) is 6.67. The van der Waals surface area contributed by atoms with Gasteiger partial charge in [0.15, 0.2) is 0 Å². The Balaban J connectivity index is 2.79. The lowest BCUT2D eigenvalue weighted by Gasteiger charge is -2.13. The van der Waals surface area contributed by atoms with E-state index >= 15 is 0 Å². The second-order valence-electron chi connectivity index (χ2n) is 3.21. The minimum Gasteiger partial charge on any atom is -0.271 e. The largest absolute Gasteiger partial charge is 0.271 e. The van der Waals surface area contributed by atoms with E-state index in [0.29, 0.717) is 12.0 Å². The van der Waals surface area contributed by atoms with Crippen LogP contribution < -0.4 is 11.3 Å². The van der Waals surface area contributed by atoms with Gasteiger partial charge in [0.05, 0.1) is 0 Å². The Morgan fingerprint density at radius 2 is 2.29 bits per heavy atom. The van der Waals surface area contributed by atoms with Gasteiger partial charge >= 0.3 is 0 Å². The third-order valence-corrected chi connectivity index (χ3v) is 2.70. The summed E-state index contributed by atoms with van der Waals surface area (Å²) in [6, 6.07) is 5.06. The molecule has 1 aromatic carbocycles. The van der Waals surface area contributed by atoms with Crippen molar-refractivity contribution in [3.63, 3.8) is 0 Å². The van der Waals surface area contributed by atoms with Crippen LogP contribution >= 0.6 is 15.9 Å². The zero-order valence-corrected chi connectivity index (χ0v) is 9.64. The van der Waals surface area contributed by atoms with Crippen LogP contribution in [0.2, 0.25) is 0 Å². The van der Waals surface area contributed by atoms with E-state index in [1.165, 1.54) is 6.07 Å². The third kappa shape index (κ3) is 3.04. The molecule has 1 rings (SSSR count). The Hall–Kier alpha value is -0.450. The Labute approximate surface area is 91.8 Å². The van der Waals surface area contributed by atoms with Crippen molar-refractivity contribution in [1.82, 2.24) is 5.43 Å². The van der Waals surface area contributed by atoms with Crippen LogP contribution in [-0.4, -0.2) is 6.04 Å². The molecular formula is C10H14BrFN2. The van der Waals surface area contributed by atoms with Crippen molar-refractivity contribution < 1.29 is 4.39 Å². The number of rotatable bonds is 4. The average Bonchev–Trinajstić information content (AvgIpc) is 2.19. The maximum absolute atomic E-state index is 13.3. The summed E-state index contributed by atoms with van der Waals surface area (Å²) in [7, 11) is 0. The second kappa shape index (κ2) is 5.44. The maximum atomic E-state index is 13.3. The molecular weight excluding hydrogens is 247 g/mol. The molecule has 0 amide bonds. The molecule has 0 radical (unpaired) electrons. The minimum atomic E-state index is -0.179. The quantitative estimate of drug-likeness (QED) is 0.645. The number of benzene rings is 1. The number of nitrogens with one attached hydrogen (secondary N) is 1. The molecule has 1 aromatic rings. The summed E-state index contributed by atoms with van der Waals surface area (Å²) >= 11 is 3.31. The van der Waals surface area contributed by atoms with Crippen molar-refractivity contribution in [3.8, 4) is 0 Å². The highest BCUT2D eigenvalue weighted by molar-refractivity contribution is 9.10. The smallest absolute Gasteiger partial charge is 0.126 e. The predicted octanol–water partition coefficient (Wildman–Crippen LogP) is 2.37. The highest BCUT2D eigenvalue weighted by atomic mass is 79.9. The normalized spacial score (nSPS) is 12.9. The lowest BCUT2D eigenvalue weighted by molar-refractivity contribution is 0.497. The van der Waals surface area contributed by atoms with Gasteiger partial charge in [0.2, 0.25) is 0 Å². The molecule has 0 fully saturated rings. The van der Waals surface area contributed by atoms with Gasteiger partial charge in [-0.25, -0.2) is 4.39 Å². The van der Waals surface area contributed by atoms with Crippen LogP contribution in [0.5, 0.6) is 0 Å². The van der Waals surface area contributed by atoms with Gasteiger partial charge in [-0.15, -0.1) is 0 Å². The molecule has 0 aliphatic heterocycles. The van der Waals surface area contributed by atoms with Crippen molar-refractivity contribution >= 4 is 15.9 Å². The fraction of sp³-hybridized carbons (Fsp3) is 0.400. The Kier molecular flexibility index (Phi) is 4.51. The molecule has 14 heavy (non-hydrogen) atoms. The van der Waals surface area contributed by atoms with E-state index in [1.807, 2.05) is 6.92 Å². The highest BCUT2D eigenvalue weighted by Gasteiger charge is 2.09. The lowest BCUT2D eigenvalue weighted by Crippen LogP contribution is -2.36. The van der Waals surface area contributed by atoms with Crippen LogP contribution in [0, 0.1) is 5.82 Å². The number of nitrogens with two attached hydrogens (primary N) is 1. The lowest BCUT2D eigenvalue weighted by atomic mass is 10.0. The predicted molar refractivity (Wildman–Crippen MR) is 59.2 cm³/mol. The summed E-state index contributed by atoms with van der Waals surface area (Å²) in [4.78, 5) is 0. The van der Waals surface area contributed by atoms with E-state index in [4.69, 9.17) is 5.84 Å². The van der Waals surface area contributed by atoms with Gasteiger partial charge in [0.1, 0.15) is 5.82 Å². The van der Waals surface area contributed by atoms with E-state index < -0.39 is 0 Å². The van der Waals surface area contributed by atoms with Crippen LogP contribution in [0.1, 0.15) is 18.9 Å². The molecule has 0 spiro atoms. The highest BCUT2D eigenvalue weighted by Crippen LogP contribution is 2.17. The van der Waals surface area contributed by atoms with E-state index in [1.54, 1.807) is 12.1 Å². The van der Waals surface area contributed by atoms with Crippen molar-refractivity contribution in [2.75, 3.05) is 0 Å². The summed E-state index contributed by atoms with van der Waals surface area (Å²) in [6.45, 7) is 2.01. The van der Waals surface area contributed by atoms with Crippen LogP contribution in [0.4, 0.5) is 4.39 Å². The Morgan fingerprint density at radius 3 is 2.86 bits per heavy atom. The van der Waals surface area contributed by atoms with Gasteiger partial charge in [-0.2, -0.15) is 0 Å². The molecule has 1 atom stereocenters. The maximum Gasteiger partial charge on any atom is 0.126 e. The van der Waals surface area contributed by atoms with Gasteiger partial charge in [0, 0.05) is 10.5 Å². The molecule has 0 aromatic heterocycles. The molecule has 0 aliphatic rings. The molecule has 0 saturated carbocycles. The summed E-state index contributed by atoms with van der Waals surface area (Å²) in [5.41, 5.74) is 3.35. The van der Waals surface area contributed by atoms with Gasteiger partial charge in [-0.05, 0) is 36.6 Å². The van der Waals surface area contributed by atoms with Crippen molar-refractivity contribution in [1.29, 1.82) is 0 Å². The minimum absolute atomic E-state index is 0.124. The van der Waals surface area contributed by atoms with Crippen LogP contribution in [0.25, 0.3) is 0 Å². The Morgan fingerprint density at radius 1 is 1.57 bits per heavy atom. The number of halogens is 2. The molecule has 0 aliphatic carbocycles. The van der Waals surface area contributed by atoms with Crippen LogP contribution in [0.3, 0.4) is 0 Å². The molecule has 3 N–H and O–H groups in total. The first-order valence-corrected chi connectivity index (χ1v) is 5.36. The average molecular weight is 261 g/mol. The zero-order chi connectivity index (χ0) is 10.6. The Bertz CT molecular complexity index is 300. The molecule has 2 nitrogen and oxygen atoms in total. The topological polar surface area (TPSA) is 38.0 Å². The molecule has 0 saturated heterocycles. The van der Waals surface area contributed by atoms with E-state index in [-0.39, 0.29) is 11.9 Å². The standard InChI is InChI=1S/C10H14BrFN2/c1-2-9(14-13)6-7-5-8(11)3-4-10(7)12/h3-5,9,14H,2,6,13H2,1H3. The SMILES string of the molecule is CCC(Cc1cc(Br)ccc1F)NN. The van der Waals surface area contributed by atoms with E-state index in [0.717, 1.165) is 10.9 Å². The third-order valence-electron chi connectivity index (χ3n) is 2.20. The van der Waals surface area contributed by atoms with Gasteiger partial charge in [0.25, 0.3) is 0 Å². The summed E-state index contributed by atoms with van der Waals surface area (Å²) in [6.07, 6.45) is 1.49. The first kappa shape index (κ1) is 11.6. The van der Waals surface area contributed by atoms with Crippen molar-refractivity contribution in [3.05, 3.63) is 34.1 Å². The fourth-order valence-electron chi connectivity index (χ4n) is 1.29. The van der Waals surface area contributed by atoms with Gasteiger partial charge in [-0.3, -0.25) is 11.3 Å². The fourth-order valence-corrected chi connectivity index (χ4v) is 1.69. The molecule has 78 valence electrons. The molecule has 1 unspecified atom stereocenters. The van der Waals surface area contributed by atoms with Crippen LogP contribution in [-0.2, 0) is 6.42 Å². The summed E-state index contributed by atoms with van der Waals surface area (Å²) in [5, 5.41) is 0. The molecule has 0 heterocycles. The molecule has 0 bridgehead atoms. The molecule has 4 heteroatoms. The monoisotopic (exact) mass is 260 g/mol. The summed E-state index contributed by atoms with van der Waals surface area (Å²) < 4.78 is 14.2. The summed E-state index contributed by atoms with van der Waals surface area (Å²) in [5.74, 6) is 5.16. The van der Waals surface area contributed by atoms with Crippen LogP contribution in [0.15, 0.2) is 22.7 Å². The zero-order valence-electron chi connectivity index (χ0n) is 8.06. The van der Waals surface area contributed by atoms with Gasteiger partial charge in [-0.1, -0.05) is 22.9 Å². The van der Waals surface area contributed by atoms with E-state index in [2.05, 4.69) is 21.4 Å². The van der Waals surface area contributed by atoms with Crippen molar-refractivity contribution in [2.24, 2.45) is 5.84 Å².